The van der Waals surface area contributed by atoms with Crippen molar-refractivity contribution in [1.82, 2.24) is 15.3 Å². The van der Waals surface area contributed by atoms with E-state index in [9.17, 15) is 9.59 Å². The predicted octanol–water partition coefficient (Wildman–Crippen LogP) is 0.0349. The predicted molar refractivity (Wildman–Crippen MR) is 47.2 cm³/mol. The van der Waals surface area contributed by atoms with Gasteiger partial charge in [0.05, 0.1) is 0 Å². The molecular formula is C7H8N4O2. The van der Waals surface area contributed by atoms with Crippen molar-refractivity contribution in [2.24, 2.45) is 0 Å². The fraction of sp³-hybridized carbons (Fsp3) is 0. The number of urea groups is 1. The van der Waals surface area contributed by atoms with Gasteiger partial charge in [0, 0.05) is 6.20 Å². The first kappa shape index (κ1) is 8.98. The third-order valence-corrected chi connectivity index (χ3v) is 1.14. The molecule has 13 heavy (non-hydrogen) atoms. The van der Waals surface area contributed by atoms with Gasteiger partial charge in [-0.1, -0.05) is 6.58 Å². The maximum Gasteiger partial charge on any atom is 0.346 e. The van der Waals surface area contributed by atoms with Crippen molar-refractivity contribution in [3.05, 3.63) is 35.5 Å². The van der Waals surface area contributed by atoms with Crippen LogP contribution in [0.5, 0.6) is 0 Å². The van der Waals surface area contributed by atoms with Crippen LogP contribution in [0.1, 0.15) is 0 Å². The second kappa shape index (κ2) is 4.05. The lowest BCUT2D eigenvalue weighted by Gasteiger charge is -2.00. The van der Waals surface area contributed by atoms with E-state index in [0.717, 1.165) is 0 Å². The van der Waals surface area contributed by atoms with Crippen molar-refractivity contribution >= 4 is 11.8 Å². The highest BCUT2D eigenvalue weighted by Crippen LogP contribution is 1.94. The van der Waals surface area contributed by atoms with Gasteiger partial charge in [-0.2, -0.15) is 4.98 Å². The average Bonchev–Trinajstić information content (AvgIpc) is 2.04. The van der Waals surface area contributed by atoms with Gasteiger partial charge in [-0.15, -0.1) is 0 Å². The third kappa shape index (κ3) is 2.78. The van der Waals surface area contributed by atoms with E-state index in [1.807, 2.05) is 0 Å². The van der Waals surface area contributed by atoms with Crippen LogP contribution in [-0.4, -0.2) is 16.0 Å². The summed E-state index contributed by atoms with van der Waals surface area (Å²) in [5.41, 5.74) is -0.517. The van der Waals surface area contributed by atoms with E-state index < -0.39 is 11.7 Å². The van der Waals surface area contributed by atoms with E-state index >= 15 is 0 Å². The van der Waals surface area contributed by atoms with Crippen LogP contribution in [0, 0.1) is 0 Å². The molecule has 0 saturated heterocycles. The Kier molecular flexibility index (Phi) is 2.80. The van der Waals surface area contributed by atoms with Crippen LogP contribution in [0.4, 0.5) is 10.6 Å². The van der Waals surface area contributed by atoms with Crippen molar-refractivity contribution in [3.8, 4) is 0 Å². The Morgan fingerprint density at radius 2 is 2.46 bits per heavy atom. The molecule has 0 aliphatic rings. The third-order valence-electron chi connectivity index (χ3n) is 1.14. The second-order valence-corrected chi connectivity index (χ2v) is 2.08. The van der Waals surface area contributed by atoms with Gasteiger partial charge in [0.25, 0.3) is 0 Å². The summed E-state index contributed by atoms with van der Waals surface area (Å²) in [6, 6.07) is 0.970. The Labute approximate surface area is 73.7 Å². The number of hydrogen-bond acceptors (Lipinski definition) is 3. The molecule has 1 rings (SSSR count). The molecule has 6 heteroatoms. The number of rotatable bonds is 2. The van der Waals surface area contributed by atoms with Crippen LogP contribution in [-0.2, 0) is 0 Å². The number of aromatic amines is 1. The Morgan fingerprint density at radius 3 is 3.08 bits per heavy atom. The molecule has 0 aliphatic heterocycles. The first-order chi connectivity index (χ1) is 6.22. The van der Waals surface area contributed by atoms with Gasteiger partial charge in [0.15, 0.2) is 0 Å². The first-order valence-corrected chi connectivity index (χ1v) is 3.46. The monoisotopic (exact) mass is 180 g/mol. The highest BCUT2D eigenvalue weighted by Gasteiger charge is 1.99. The largest absolute Gasteiger partial charge is 0.346 e. The lowest BCUT2D eigenvalue weighted by atomic mass is 10.6. The number of amides is 2. The minimum absolute atomic E-state index is 0.183. The minimum Gasteiger partial charge on any atom is -0.315 e. The molecule has 1 heterocycles. The van der Waals surface area contributed by atoms with E-state index in [1.165, 1.54) is 18.5 Å². The van der Waals surface area contributed by atoms with Gasteiger partial charge < -0.3 is 10.3 Å². The number of nitrogens with zero attached hydrogens (tertiary/aromatic N) is 1. The summed E-state index contributed by atoms with van der Waals surface area (Å²) in [7, 11) is 0. The van der Waals surface area contributed by atoms with Crippen LogP contribution >= 0.6 is 0 Å². The summed E-state index contributed by atoms with van der Waals surface area (Å²) in [6.45, 7) is 3.30. The van der Waals surface area contributed by atoms with Crippen molar-refractivity contribution in [2.75, 3.05) is 5.32 Å². The van der Waals surface area contributed by atoms with Crippen molar-refractivity contribution in [3.63, 3.8) is 0 Å². The maximum atomic E-state index is 10.9. The lowest BCUT2D eigenvalue weighted by molar-refractivity contribution is 0.255. The molecule has 0 aliphatic carbocycles. The molecule has 68 valence electrons. The van der Waals surface area contributed by atoms with E-state index in [0.29, 0.717) is 0 Å². The quantitative estimate of drug-likeness (QED) is 0.600. The Bertz CT molecular complexity index is 371. The van der Waals surface area contributed by atoms with Crippen molar-refractivity contribution < 1.29 is 4.79 Å². The molecule has 0 radical (unpaired) electrons. The van der Waals surface area contributed by atoms with Crippen LogP contribution in [0.3, 0.4) is 0 Å². The smallest absolute Gasteiger partial charge is 0.315 e. The molecule has 0 bridgehead atoms. The molecule has 0 spiro atoms. The fourth-order valence-corrected chi connectivity index (χ4v) is 0.686. The number of hydrogen-bond donors (Lipinski definition) is 3. The molecule has 6 nitrogen and oxygen atoms in total. The molecule has 0 aromatic carbocycles. The molecule has 0 fully saturated rings. The number of carbonyl (C=O) groups excluding carboxylic acids is 1. The standard InChI is InChI=1S/C7H8N4O2/c1-2-8-6(12)10-5-3-4-9-7(13)11-5/h2-4H,1H2,(H3,8,9,10,11,12,13). The summed E-state index contributed by atoms with van der Waals surface area (Å²) in [4.78, 5) is 27.3. The minimum atomic E-state index is -0.517. The average molecular weight is 180 g/mol. The Hall–Kier alpha value is -2.11. The van der Waals surface area contributed by atoms with E-state index in [1.54, 1.807) is 0 Å². The number of nitrogens with one attached hydrogen (secondary N) is 3. The molecule has 0 saturated carbocycles. The lowest BCUT2D eigenvalue weighted by Crippen LogP contribution is -2.25. The topological polar surface area (TPSA) is 86.9 Å². The van der Waals surface area contributed by atoms with Crippen LogP contribution < -0.4 is 16.3 Å². The summed E-state index contributed by atoms with van der Waals surface area (Å²) in [5, 5.41) is 4.61. The van der Waals surface area contributed by atoms with E-state index in [2.05, 4.69) is 27.2 Å². The number of carbonyl (C=O) groups is 1. The highest BCUT2D eigenvalue weighted by molar-refractivity contribution is 5.88. The number of H-pyrrole nitrogens is 1. The van der Waals surface area contributed by atoms with Crippen LogP contribution in [0.2, 0.25) is 0 Å². The van der Waals surface area contributed by atoms with Crippen molar-refractivity contribution in [1.29, 1.82) is 0 Å². The van der Waals surface area contributed by atoms with Crippen LogP contribution in [0.25, 0.3) is 0 Å². The van der Waals surface area contributed by atoms with Gasteiger partial charge in [-0.25, -0.2) is 9.59 Å². The number of aromatic nitrogens is 2. The molecule has 2 amide bonds. The highest BCUT2D eigenvalue weighted by atomic mass is 16.2. The molecule has 0 unspecified atom stereocenters. The molecule has 0 atom stereocenters. The van der Waals surface area contributed by atoms with Gasteiger partial charge >= 0.3 is 11.7 Å². The second-order valence-electron chi connectivity index (χ2n) is 2.08. The molecule has 1 aromatic heterocycles. The summed E-state index contributed by atoms with van der Waals surface area (Å²) >= 11 is 0. The van der Waals surface area contributed by atoms with Crippen molar-refractivity contribution in [2.45, 2.75) is 0 Å². The zero-order chi connectivity index (χ0) is 9.68. The summed E-state index contributed by atoms with van der Waals surface area (Å²) in [6.07, 6.45) is 2.61. The zero-order valence-electron chi connectivity index (χ0n) is 6.70. The summed E-state index contributed by atoms with van der Waals surface area (Å²) in [5.74, 6) is 0.183. The maximum absolute atomic E-state index is 10.9. The number of anilines is 1. The zero-order valence-corrected chi connectivity index (χ0v) is 6.70. The molecule has 3 N–H and O–H groups in total. The van der Waals surface area contributed by atoms with Crippen LogP contribution in [0.15, 0.2) is 29.8 Å². The van der Waals surface area contributed by atoms with E-state index in [-0.39, 0.29) is 5.82 Å². The molecular weight excluding hydrogens is 172 g/mol. The van der Waals surface area contributed by atoms with Gasteiger partial charge in [-0.3, -0.25) is 5.32 Å². The first-order valence-electron chi connectivity index (χ1n) is 3.46. The Balaban J connectivity index is 2.69. The normalized spacial score (nSPS) is 8.92. The Morgan fingerprint density at radius 1 is 1.69 bits per heavy atom. The van der Waals surface area contributed by atoms with Gasteiger partial charge in [0.2, 0.25) is 0 Å². The van der Waals surface area contributed by atoms with E-state index in [4.69, 9.17) is 0 Å². The SMILES string of the molecule is C=CNC(=O)Nc1cc[nH]c(=O)n1. The van der Waals surface area contributed by atoms with Gasteiger partial charge in [-0.05, 0) is 12.3 Å². The summed E-state index contributed by atoms with van der Waals surface area (Å²) < 4.78 is 0. The fourth-order valence-electron chi connectivity index (χ4n) is 0.686. The molecule has 1 aromatic rings. The van der Waals surface area contributed by atoms with Gasteiger partial charge in [0.1, 0.15) is 5.82 Å².